The fourth-order valence-electron chi connectivity index (χ4n) is 3.94. The molecule has 1 fully saturated rings. The van der Waals surface area contributed by atoms with Crippen molar-refractivity contribution in [2.75, 3.05) is 12.5 Å². The number of ether oxygens (including phenoxy) is 2. The summed E-state index contributed by atoms with van der Waals surface area (Å²) in [5.74, 6) is 0.227. The van der Waals surface area contributed by atoms with Crippen LogP contribution >= 0.6 is 10.0 Å². The molecule has 1 aliphatic heterocycles. The van der Waals surface area contributed by atoms with E-state index in [1.807, 2.05) is 12.1 Å². The van der Waals surface area contributed by atoms with Crippen LogP contribution < -0.4 is 0 Å². The van der Waals surface area contributed by atoms with E-state index in [2.05, 4.69) is 69.3 Å². The SMILES string of the molecule is CC(C)(C)OC(=O)N1CC(OCS(c2ccccc2)(c2ccccc2)C(C)(C)C)CC1=O. The molecular formula is C26H35NO4S. The van der Waals surface area contributed by atoms with E-state index in [4.69, 9.17) is 9.47 Å². The van der Waals surface area contributed by atoms with Crippen molar-refractivity contribution >= 4 is 22.0 Å². The van der Waals surface area contributed by atoms with Crippen molar-refractivity contribution in [1.82, 2.24) is 4.90 Å². The van der Waals surface area contributed by atoms with Gasteiger partial charge in [0.25, 0.3) is 0 Å². The lowest BCUT2D eigenvalue weighted by Crippen LogP contribution is -2.38. The van der Waals surface area contributed by atoms with Gasteiger partial charge in [0.15, 0.2) is 0 Å². The Morgan fingerprint density at radius 2 is 1.44 bits per heavy atom. The summed E-state index contributed by atoms with van der Waals surface area (Å²) in [5, 5.41) is 0. The van der Waals surface area contributed by atoms with Crippen molar-refractivity contribution < 1.29 is 19.1 Å². The van der Waals surface area contributed by atoms with Crippen LogP contribution in [0.4, 0.5) is 4.79 Å². The van der Waals surface area contributed by atoms with E-state index in [1.165, 1.54) is 14.7 Å². The molecule has 5 nitrogen and oxygen atoms in total. The predicted molar refractivity (Wildman–Crippen MR) is 129 cm³/mol. The molecular weight excluding hydrogens is 422 g/mol. The maximum Gasteiger partial charge on any atom is 0.417 e. The summed E-state index contributed by atoms with van der Waals surface area (Å²) in [6.45, 7) is 12.3. The quantitative estimate of drug-likeness (QED) is 0.535. The van der Waals surface area contributed by atoms with Gasteiger partial charge < -0.3 is 9.47 Å². The molecule has 0 aromatic heterocycles. The van der Waals surface area contributed by atoms with Crippen molar-refractivity contribution in [3.63, 3.8) is 0 Å². The van der Waals surface area contributed by atoms with Crippen molar-refractivity contribution in [1.29, 1.82) is 0 Å². The third kappa shape index (κ3) is 5.18. The minimum Gasteiger partial charge on any atom is -0.443 e. The van der Waals surface area contributed by atoms with Crippen LogP contribution in [0.5, 0.6) is 0 Å². The van der Waals surface area contributed by atoms with Crippen LogP contribution in [0, 0.1) is 0 Å². The van der Waals surface area contributed by atoms with Crippen LogP contribution in [0.3, 0.4) is 0 Å². The molecule has 1 unspecified atom stereocenters. The Balaban J connectivity index is 1.88. The number of imide groups is 1. The summed E-state index contributed by atoms with van der Waals surface area (Å²) in [5.41, 5.74) is -0.650. The highest BCUT2D eigenvalue weighted by Gasteiger charge is 2.43. The summed E-state index contributed by atoms with van der Waals surface area (Å²) in [4.78, 5) is 28.6. The molecule has 0 aliphatic carbocycles. The summed E-state index contributed by atoms with van der Waals surface area (Å²) in [6.07, 6.45) is -0.770. The Bertz CT molecular complexity index is 892. The van der Waals surface area contributed by atoms with E-state index in [-0.39, 0.29) is 29.7 Å². The van der Waals surface area contributed by atoms with Gasteiger partial charge in [0, 0.05) is 4.75 Å². The zero-order chi connectivity index (χ0) is 23.6. The fraction of sp³-hybridized carbons (Fsp3) is 0.462. The first kappa shape index (κ1) is 24.3. The Morgan fingerprint density at radius 1 is 0.938 bits per heavy atom. The second kappa shape index (κ2) is 9.28. The van der Waals surface area contributed by atoms with Crippen LogP contribution in [0.1, 0.15) is 48.0 Å². The monoisotopic (exact) mass is 457 g/mol. The van der Waals surface area contributed by atoms with Gasteiger partial charge in [0.1, 0.15) is 5.60 Å². The summed E-state index contributed by atoms with van der Waals surface area (Å²) in [6, 6.07) is 21.0. The average molecular weight is 458 g/mol. The maximum atomic E-state index is 12.5. The number of carbonyl (C=O) groups is 2. The van der Waals surface area contributed by atoms with Gasteiger partial charge in [-0.1, -0.05) is 57.2 Å². The van der Waals surface area contributed by atoms with E-state index in [0.29, 0.717) is 5.94 Å². The van der Waals surface area contributed by atoms with Gasteiger partial charge in [-0.05, 0) is 54.8 Å². The highest BCUT2D eigenvalue weighted by molar-refractivity contribution is 8.34. The van der Waals surface area contributed by atoms with Crippen LogP contribution in [0.15, 0.2) is 70.5 Å². The van der Waals surface area contributed by atoms with Crippen LogP contribution in [0.2, 0.25) is 0 Å². The molecule has 1 aliphatic rings. The lowest BCUT2D eigenvalue weighted by atomic mass is 10.2. The number of nitrogens with zero attached hydrogens (tertiary/aromatic N) is 1. The lowest BCUT2D eigenvalue weighted by Gasteiger charge is -2.51. The smallest absolute Gasteiger partial charge is 0.417 e. The molecule has 0 N–H and O–H groups in total. The second-order valence-corrected chi connectivity index (χ2v) is 14.0. The number of carbonyl (C=O) groups excluding carboxylic acids is 2. The molecule has 2 aromatic rings. The number of rotatable bonds is 5. The molecule has 1 saturated heterocycles. The largest absolute Gasteiger partial charge is 0.443 e. The highest BCUT2D eigenvalue weighted by atomic mass is 32.3. The minimum absolute atomic E-state index is 0.0941. The summed E-state index contributed by atoms with van der Waals surface area (Å²) >= 11 is 0. The van der Waals surface area contributed by atoms with Gasteiger partial charge in [-0.15, -0.1) is 0 Å². The van der Waals surface area contributed by atoms with Gasteiger partial charge in [-0.3, -0.25) is 4.79 Å². The number of likely N-dealkylation sites (tertiary alicyclic amines) is 1. The van der Waals surface area contributed by atoms with Crippen LogP contribution in [-0.2, 0) is 14.3 Å². The molecule has 0 spiro atoms. The topological polar surface area (TPSA) is 55.8 Å². The molecule has 0 saturated carbocycles. The fourth-order valence-corrected chi connectivity index (χ4v) is 7.89. The van der Waals surface area contributed by atoms with Gasteiger partial charge in [0.05, 0.1) is 25.0 Å². The van der Waals surface area contributed by atoms with Gasteiger partial charge in [-0.2, -0.15) is 10.0 Å². The molecule has 0 radical (unpaired) electrons. The summed E-state index contributed by atoms with van der Waals surface area (Å²) in [7, 11) is -1.61. The first-order valence-corrected chi connectivity index (χ1v) is 12.8. The lowest BCUT2D eigenvalue weighted by molar-refractivity contribution is -0.127. The van der Waals surface area contributed by atoms with Crippen molar-refractivity contribution in [3.8, 4) is 0 Å². The average Bonchev–Trinajstić information content (AvgIpc) is 3.08. The zero-order valence-electron chi connectivity index (χ0n) is 20.0. The van der Waals surface area contributed by atoms with E-state index >= 15 is 0 Å². The van der Waals surface area contributed by atoms with E-state index in [9.17, 15) is 9.59 Å². The Labute approximate surface area is 193 Å². The summed E-state index contributed by atoms with van der Waals surface area (Å²) < 4.78 is 11.8. The van der Waals surface area contributed by atoms with Gasteiger partial charge >= 0.3 is 6.09 Å². The molecule has 0 bridgehead atoms. The molecule has 2 amide bonds. The normalized spacial score (nSPS) is 18.0. The highest BCUT2D eigenvalue weighted by Crippen LogP contribution is 2.70. The number of benzene rings is 2. The first-order valence-electron chi connectivity index (χ1n) is 11.0. The second-order valence-electron chi connectivity index (χ2n) is 10.1. The van der Waals surface area contributed by atoms with E-state index in [1.54, 1.807) is 20.8 Å². The van der Waals surface area contributed by atoms with Crippen molar-refractivity contribution in [2.24, 2.45) is 0 Å². The Kier molecular flexibility index (Phi) is 7.06. The molecule has 3 rings (SSSR count). The maximum absolute atomic E-state index is 12.5. The molecule has 2 aromatic carbocycles. The molecule has 1 heterocycles. The standard InChI is InChI=1S/C26H35NO4S/c1-25(2,3)31-24(29)27-18-20(17-23(27)28)30-19-32(26(4,5)6,21-13-9-7-10-14-21)22-15-11-8-12-16-22/h7-16,20H,17-19H2,1-6H3. The van der Waals surface area contributed by atoms with Crippen molar-refractivity contribution in [3.05, 3.63) is 60.7 Å². The molecule has 6 heteroatoms. The van der Waals surface area contributed by atoms with E-state index in [0.717, 1.165) is 0 Å². The minimum atomic E-state index is -1.61. The zero-order valence-corrected chi connectivity index (χ0v) is 20.8. The third-order valence-electron chi connectivity index (χ3n) is 5.52. The number of amides is 2. The Morgan fingerprint density at radius 3 is 1.88 bits per heavy atom. The van der Waals surface area contributed by atoms with Gasteiger partial charge in [-0.25, -0.2) is 9.69 Å². The van der Waals surface area contributed by atoms with Crippen molar-refractivity contribution in [2.45, 2.75) is 74.2 Å². The molecule has 32 heavy (non-hydrogen) atoms. The molecule has 1 atom stereocenters. The number of hydrogen-bond donors (Lipinski definition) is 0. The molecule has 174 valence electrons. The Hall–Kier alpha value is -2.31. The van der Waals surface area contributed by atoms with Gasteiger partial charge in [0.2, 0.25) is 5.91 Å². The number of hydrogen-bond acceptors (Lipinski definition) is 4. The predicted octanol–water partition coefficient (Wildman–Crippen LogP) is 6.22. The first-order chi connectivity index (χ1) is 14.9. The third-order valence-corrected chi connectivity index (χ3v) is 10.3. The van der Waals surface area contributed by atoms with Crippen LogP contribution in [-0.4, -0.2) is 45.8 Å². The van der Waals surface area contributed by atoms with E-state index < -0.39 is 21.7 Å². The van der Waals surface area contributed by atoms with Crippen LogP contribution in [0.25, 0.3) is 0 Å².